The number of halogens is 2. The van der Waals surface area contributed by atoms with E-state index in [0.29, 0.717) is 5.75 Å². The van der Waals surface area contributed by atoms with E-state index in [-0.39, 0.29) is 17.0 Å². The van der Waals surface area contributed by atoms with Crippen molar-refractivity contribution < 1.29 is 21.6 Å². The number of hydrogen-bond donors (Lipinski definition) is 0. The smallest absolute Gasteiger partial charge is 0.243 e. The second kappa shape index (κ2) is 8.63. The van der Waals surface area contributed by atoms with Crippen LogP contribution in [0.5, 0.6) is 0 Å². The molecule has 2 rings (SSSR count). The van der Waals surface area contributed by atoms with Gasteiger partial charge < -0.3 is 17.0 Å². The molecule has 19 heavy (non-hydrogen) atoms. The van der Waals surface area contributed by atoms with Gasteiger partial charge in [-0.1, -0.05) is 11.6 Å². The van der Waals surface area contributed by atoms with Crippen molar-refractivity contribution in [2.75, 3.05) is 18.8 Å². The Labute approximate surface area is 134 Å². The minimum absolute atomic E-state index is 0. The summed E-state index contributed by atoms with van der Waals surface area (Å²) in [7, 11) is 0. The zero-order valence-electron chi connectivity index (χ0n) is 10.6. The van der Waals surface area contributed by atoms with Crippen LogP contribution in [0, 0.1) is 11.3 Å². The number of hydrogen-bond acceptors (Lipinski definition) is 2. The minimum atomic E-state index is 0. The van der Waals surface area contributed by atoms with Gasteiger partial charge in [-0.3, -0.25) is 0 Å². The highest BCUT2D eigenvalue weighted by Crippen LogP contribution is 2.18. The molecule has 0 aromatic heterocycles. The molecule has 5 heteroatoms. The van der Waals surface area contributed by atoms with Crippen LogP contribution in [-0.2, 0) is 0 Å². The number of thioether (sulfide) groups is 1. The SMILES string of the molecule is N#CCSC(c1ccc(Cl)cc1)=[N+]1CCCCC1.[Br-]. The van der Waals surface area contributed by atoms with Crippen molar-refractivity contribution in [2.24, 2.45) is 0 Å². The lowest BCUT2D eigenvalue weighted by atomic mass is 10.1. The lowest BCUT2D eigenvalue weighted by Gasteiger charge is -2.13. The zero-order valence-corrected chi connectivity index (χ0v) is 13.8. The molecular weight excluding hydrogens is 344 g/mol. The van der Waals surface area contributed by atoms with Crippen LogP contribution in [0.3, 0.4) is 0 Å². The standard InChI is InChI=1S/C14H16ClN2S.BrH/c15-13-6-4-12(5-7-13)14(18-11-8-16)17-9-2-1-3-10-17;/h4-7H,1-3,9-11H2;1H/q+1;/p-1. The second-order valence-corrected chi connectivity index (χ2v) is 5.71. The molecule has 0 radical (unpaired) electrons. The third kappa shape index (κ3) is 4.83. The first-order chi connectivity index (χ1) is 8.81. The molecule has 0 amide bonds. The van der Waals surface area contributed by atoms with Gasteiger partial charge in [0.1, 0.15) is 13.1 Å². The number of piperidine rings is 1. The molecule has 0 saturated carbocycles. The van der Waals surface area contributed by atoms with Gasteiger partial charge in [0.25, 0.3) is 0 Å². The average molecular weight is 360 g/mol. The number of nitrogens with zero attached hydrogens (tertiary/aromatic N) is 2. The summed E-state index contributed by atoms with van der Waals surface area (Å²) in [6.45, 7) is 2.19. The van der Waals surface area contributed by atoms with Gasteiger partial charge in [-0.2, -0.15) is 5.26 Å². The maximum absolute atomic E-state index is 8.78. The van der Waals surface area contributed by atoms with Gasteiger partial charge in [-0.05, 0) is 42.4 Å². The van der Waals surface area contributed by atoms with Crippen LogP contribution in [-0.4, -0.2) is 28.5 Å². The minimum Gasteiger partial charge on any atom is -1.00 e. The number of nitriles is 1. The first-order valence-corrected chi connectivity index (χ1v) is 7.55. The van der Waals surface area contributed by atoms with E-state index >= 15 is 0 Å². The Hall–Kier alpha value is -0.500. The highest BCUT2D eigenvalue weighted by Gasteiger charge is 2.20. The summed E-state index contributed by atoms with van der Waals surface area (Å²) in [5, 5.41) is 10.7. The molecular formula is C14H16BrClN2S. The normalized spacial score (nSPS) is 14.4. The van der Waals surface area contributed by atoms with Crippen molar-refractivity contribution in [3.8, 4) is 6.07 Å². The molecule has 0 spiro atoms. The molecule has 1 aromatic rings. The molecule has 1 aliphatic rings. The molecule has 1 fully saturated rings. The maximum Gasteiger partial charge on any atom is 0.243 e. The maximum atomic E-state index is 8.78. The van der Waals surface area contributed by atoms with Gasteiger partial charge in [-0.15, -0.1) is 0 Å². The van der Waals surface area contributed by atoms with Crippen molar-refractivity contribution in [2.45, 2.75) is 19.3 Å². The van der Waals surface area contributed by atoms with E-state index in [2.05, 4.69) is 10.6 Å². The van der Waals surface area contributed by atoms with E-state index < -0.39 is 0 Å². The Morgan fingerprint density at radius 3 is 2.42 bits per heavy atom. The molecule has 2 nitrogen and oxygen atoms in total. The van der Waals surface area contributed by atoms with Crippen LogP contribution in [0.15, 0.2) is 24.3 Å². The molecule has 0 unspecified atom stereocenters. The van der Waals surface area contributed by atoms with E-state index in [1.165, 1.54) is 29.9 Å². The van der Waals surface area contributed by atoms with E-state index in [1.807, 2.05) is 24.3 Å². The fourth-order valence-corrected chi connectivity index (χ4v) is 3.14. The summed E-state index contributed by atoms with van der Waals surface area (Å²) in [4.78, 5) is 0. The van der Waals surface area contributed by atoms with Crippen LogP contribution in [0.25, 0.3) is 0 Å². The van der Waals surface area contributed by atoms with Gasteiger partial charge >= 0.3 is 0 Å². The van der Waals surface area contributed by atoms with Crippen LogP contribution in [0.4, 0.5) is 0 Å². The highest BCUT2D eigenvalue weighted by atomic mass is 79.9. The number of rotatable bonds is 2. The monoisotopic (exact) mass is 358 g/mol. The summed E-state index contributed by atoms with van der Waals surface area (Å²) >= 11 is 7.55. The Balaban J connectivity index is 0.00000180. The van der Waals surface area contributed by atoms with Crippen LogP contribution in [0.2, 0.25) is 5.02 Å². The predicted molar refractivity (Wildman–Crippen MR) is 77.5 cm³/mol. The average Bonchev–Trinajstić information content (AvgIpc) is 2.42. The summed E-state index contributed by atoms with van der Waals surface area (Å²) in [6, 6.07) is 10.1. The lowest BCUT2D eigenvalue weighted by molar-refractivity contribution is -0.534. The van der Waals surface area contributed by atoms with Gasteiger partial charge in [0.2, 0.25) is 5.04 Å². The second-order valence-electron chi connectivity index (χ2n) is 4.31. The van der Waals surface area contributed by atoms with Crippen molar-refractivity contribution >= 4 is 28.4 Å². The summed E-state index contributed by atoms with van der Waals surface area (Å²) in [5.74, 6) is 0.495. The van der Waals surface area contributed by atoms with Crippen molar-refractivity contribution in [3.05, 3.63) is 34.9 Å². The first kappa shape index (κ1) is 16.6. The Morgan fingerprint density at radius 1 is 1.21 bits per heavy atom. The van der Waals surface area contributed by atoms with Crippen LogP contribution >= 0.6 is 23.4 Å². The predicted octanol–water partition coefficient (Wildman–Crippen LogP) is 0.544. The van der Waals surface area contributed by atoms with Gasteiger partial charge in [0.05, 0.1) is 17.4 Å². The molecule has 1 saturated heterocycles. The zero-order chi connectivity index (χ0) is 12.8. The Bertz CT molecular complexity index is 471. The first-order valence-electron chi connectivity index (χ1n) is 6.19. The fourth-order valence-electron chi connectivity index (χ4n) is 2.15. The molecule has 0 aliphatic carbocycles. The third-order valence-corrected chi connectivity index (χ3v) is 4.30. The van der Waals surface area contributed by atoms with E-state index in [9.17, 15) is 0 Å². The van der Waals surface area contributed by atoms with Crippen molar-refractivity contribution in [1.82, 2.24) is 0 Å². The summed E-state index contributed by atoms with van der Waals surface area (Å²) in [5.41, 5.74) is 1.17. The van der Waals surface area contributed by atoms with Crippen LogP contribution in [0.1, 0.15) is 24.8 Å². The van der Waals surface area contributed by atoms with Gasteiger partial charge in [-0.25, -0.2) is 4.58 Å². The Kier molecular flexibility index (Phi) is 7.52. The van der Waals surface area contributed by atoms with Crippen LogP contribution < -0.4 is 17.0 Å². The molecule has 102 valence electrons. The topological polar surface area (TPSA) is 26.8 Å². The van der Waals surface area contributed by atoms with Crippen molar-refractivity contribution in [1.29, 1.82) is 5.26 Å². The summed E-state index contributed by atoms with van der Waals surface area (Å²) < 4.78 is 2.40. The fraction of sp³-hybridized carbons (Fsp3) is 0.429. The molecule has 0 bridgehead atoms. The van der Waals surface area contributed by atoms with Gasteiger partial charge in [0, 0.05) is 17.9 Å². The number of benzene rings is 1. The summed E-state index contributed by atoms with van der Waals surface area (Å²) in [6.07, 6.45) is 3.79. The largest absolute Gasteiger partial charge is 1.00 e. The van der Waals surface area contributed by atoms with E-state index in [4.69, 9.17) is 16.9 Å². The molecule has 1 heterocycles. The quantitative estimate of drug-likeness (QED) is 0.569. The highest BCUT2D eigenvalue weighted by molar-refractivity contribution is 8.14. The van der Waals surface area contributed by atoms with Gasteiger partial charge in [0.15, 0.2) is 0 Å². The van der Waals surface area contributed by atoms with E-state index in [1.54, 1.807) is 11.8 Å². The Morgan fingerprint density at radius 2 is 1.84 bits per heavy atom. The van der Waals surface area contributed by atoms with E-state index in [0.717, 1.165) is 18.1 Å². The van der Waals surface area contributed by atoms with Crippen molar-refractivity contribution in [3.63, 3.8) is 0 Å². The molecule has 0 atom stereocenters. The molecule has 1 aromatic carbocycles. The third-order valence-electron chi connectivity index (χ3n) is 3.01. The lowest BCUT2D eigenvalue weighted by Crippen LogP contribution is -3.00. The molecule has 1 aliphatic heterocycles. The molecule has 0 N–H and O–H groups in total.